The zero-order valence-electron chi connectivity index (χ0n) is 18.1. The number of hydrogen-bond donors (Lipinski definition) is 4. The standard InChI is InChI=1S/C18H18N8O5S3.BrH/c1-6-4-33-18(22-6)24-21-3-7-11(16(29)30)26-14(28)9(15(26)34-13(7)19)12(27)10(25-31-2)8-5-32-17(20)23-8;/h3-5,9,13,15H,19H2,1-2H3,(H2,20,23)(H,22,24)(H,29,30);1H/b21-3?,25-10-;/t9?,13?,15-;/m1./s1. The molecule has 2 unspecified atom stereocenters. The van der Waals surface area contributed by atoms with Crippen LogP contribution in [0.25, 0.3) is 0 Å². The lowest BCUT2D eigenvalue weighted by Gasteiger charge is -2.49. The normalized spacial score (nSPS) is 21.9. The van der Waals surface area contributed by atoms with Gasteiger partial charge in [0.15, 0.2) is 10.8 Å². The van der Waals surface area contributed by atoms with Gasteiger partial charge in [-0.15, -0.1) is 51.4 Å². The van der Waals surface area contributed by atoms with Crippen molar-refractivity contribution in [3.05, 3.63) is 33.4 Å². The molecule has 0 aromatic carbocycles. The lowest BCUT2D eigenvalue weighted by atomic mass is 9.88. The van der Waals surface area contributed by atoms with Crippen LogP contribution in [-0.2, 0) is 19.2 Å². The predicted octanol–water partition coefficient (Wildman–Crippen LogP) is 1.24. The van der Waals surface area contributed by atoms with Gasteiger partial charge in [-0.25, -0.2) is 14.8 Å². The number of aryl methyl sites for hydroxylation is 1. The van der Waals surface area contributed by atoms with Crippen LogP contribution < -0.4 is 16.9 Å². The highest BCUT2D eigenvalue weighted by Gasteiger charge is 2.59. The number of anilines is 2. The van der Waals surface area contributed by atoms with Crippen LogP contribution in [0.2, 0.25) is 0 Å². The summed E-state index contributed by atoms with van der Waals surface area (Å²) < 4.78 is 0. The monoisotopic (exact) mass is 602 g/mol. The molecule has 1 fully saturated rings. The Hall–Kier alpha value is -2.86. The van der Waals surface area contributed by atoms with Crippen LogP contribution in [-0.4, -0.2) is 67.4 Å². The third kappa shape index (κ3) is 5.08. The number of aromatic nitrogens is 2. The molecule has 4 heterocycles. The van der Waals surface area contributed by atoms with Gasteiger partial charge in [-0.1, -0.05) is 5.16 Å². The molecule has 0 saturated carbocycles. The van der Waals surface area contributed by atoms with Crippen LogP contribution in [0.1, 0.15) is 11.4 Å². The maximum Gasteiger partial charge on any atom is 0.353 e. The summed E-state index contributed by atoms with van der Waals surface area (Å²) in [6.45, 7) is 1.82. The van der Waals surface area contributed by atoms with Crippen molar-refractivity contribution in [2.24, 2.45) is 21.9 Å². The summed E-state index contributed by atoms with van der Waals surface area (Å²) in [5, 5.41) is 19.9. The summed E-state index contributed by atoms with van der Waals surface area (Å²) in [5.74, 6) is -3.95. The number of nitrogen functional groups attached to an aromatic ring is 1. The minimum atomic E-state index is -1.37. The number of thiazole rings is 2. The van der Waals surface area contributed by atoms with Crippen molar-refractivity contribution in [1.82, 2.24) is 14.9 Å². The van der Waals surface area contributed by atoms with Crippen molar-refractivity contribution in [2.75, 3.05) is 18.3 Å². The summed E-state index contributed by atoms with van der Waals surface area (Å²) in [7, 11) is 1.25. The van der Waals surface area contributed by atoms with Gasteiger partial charge in [0.05, 0.1) is 17.3 Å². The number of thioether (sulfide) groups is 1. The van der Waals surface area contributed by atoms with Crippen molar-refractivity contribution in [1.29, 1.82) is 0 Å². The first-order chi connectivity index (χ1) is 16.2. The number of amides is 1. The number of fused-ring (bicyclic) bond motifs is 1. The number of Topliss-reactive ketones (excluding diaryl/α,β-unsaturated/α-hetero) is 1. The Morgan fingerprint density at radius 3 is 2.63 bits per heavy atom. The quantitative estimate of drug-likeness (QED) is 0.147. The highest BCUT2D eigenvalue weighted by molar-refractivity contribution is 8.93. The van der Waals surface area contributed by atoms with Gasteiger partial charge >= 0.3 is 5.97 Å². The Morgan fingerprint density at radius 1 is 1.31 bits per heavy atom. The van der Waals surface area contributed by atoms with Crippen LogP contribution in [0.4, 0.5) is 10.3 Å². The molecule has 6 N–H and O–H groups in total. The maximum absolute atomic E-state index is 13.2. The molecular formula is C18H19BrN8O5S3. The lowest BCUT2D eigenvalue weighted by Crippen LogP contribution is -2.66. The minimum Gasteiger partial charge on any atom is -0.477 e. The number of carboxylic acids is 1. The average Bonchev–Trinajstić information content (AvgIpc) is 3.40. The van der Waals surface area contributed by atoms with Crippen molar-refractivity contribution < 1.29 is 24.3 Å². The SMILES string of the molecule is Br.CO/N=C(\C(=O)C1C(=O)N2C(C(=O)O)=C(C=NNc3nc(C)cs3)C(N)S[C@H]12)c1csc(N)n1. The Balaban J connectivity index is 0.00000342. The number of hydrazone groups is 1. The number of hydrogen-bond acceptors (Lipinski definition) is 14. The third-order valence-electron chi connectivity index (χ3n) is 4.80. The molecular weight excluding hydrogens is 584 g/mol. The van der Waals surface area contributed by atoms with E-state index in [0.29, 0.717) is 5.13 Å². The lowest BCUT2D eigenvalue weighted by molar-refractivity contribution is -0.155. The smallest absolute Gasteiger partial charge is 0.353 e. The second-order valence-corrected chi connectivity index (χ2v) is 9.97. The first-order valence-corrected chi connectivity index (χ1v) is 12.2. The zero-order valence-corrected chi connectivity index (χ0v) is 22.2. The summed E-state index contributed by atoms with van der Waals surface area (Å²) in [6.07, 6.45) is 1.24. The molecule has 2 aromatic heterocycles. The predicted molar refractivity (Wildman–Crippen MR) is 139 cm³/mol. The van der Waals surface area contributed by atoms with E-state index in [1.807, 2.05) is 12.3 Å². The number of ketones is 1. The molecule has 3 atom stereocenters. The van der Waals surface area contributed by atoms with E-state index in [9.17, 15) is 19.5 Å². The van der Waals surface area contributed by atoms with Crippen LogP contribution in [0.15, 0.2) is 32.3 Å². The van der Waals surface area contributed by atoms with E-state index < -0.39 is 34.3 Å². The number of halogens is 1. The number of nitrogens with two attached hydrogens (primary N) is 2. The van der Waals surface area contributed by atoms with Gasteiger partial charge in [0, 0.05) is 16.3 Å². The molecule has 1 saturated heterocycles. The molecule has 2 aliphatic rings. The fraction of sp³-hybridized carbons (Fsp3) is 0.278. The molecule has 35 heavy (non-hydrogen) atoms. The Morgan fingerprint density at radius 2 is 2.06 bits per heavy atom. The van der Waals surface area contributed by atoms with Gasteiger partial charge in [-0.3, -0.25) is 19.9 Å². The summed E-state index contributed by atoms with van der Waals surface area (Å²) >= 11 is 3.49. The van der Waals surface area contributed by atoms with Gasteiger partial charge in [-0.05, 0) is 6.92 Å². The topological polar surface area (TPSA) is 198 Å². The Bertz CT molecular complexity index is 1260. The molecule has 4 rings (SSSR count). The molecule has 1 amide bonds. The van der Waals surface area contributed by atoms with Crippen molar-refractivity contribution in [3.8, 4) is 0 Å². The number of β-lactam (4-membered cyclic amide) rings is 1. The molecule has 186 valence electrons. The molecule has 0 aliphatic carbocycles. The number of carbonyl (C=O) groups excluding carboxylic acids is 2. The van der Waals surface area contributed by atoms with Crippen LogP contribution >= 0.6 is 51.4 Å². The third-order valence-corrected chi connectivity index (χ3v) is 7.65. The van der Waals surface area contributed by atoms with Crippen molar-refractivity contribution >= 4 is 91.3 Å². The summed E-state index contributed by atoms with van der Waals surface area (Å²) in [6, 6.07) is 0. The largest absolute Gasteiger partial charge is 0.477 e. The first kappa shape index (κ1) is 26.7. The number of aliphatic carboxylic acids is 1. The molecule has 2 aliphatic heterocycles. The van der Waals surface area contributed by atoms with E-state index in [0.717, 1.165) is 33.7 Å². The van der Waals surface area contributed by atoms with Gasteiger partial charge in [0.2, 0.25) is 16.8 Å². The van der Waals surface area contributed by atoms with Gasteiger partial charge in [0.1, 0.15) is 29.8 Å². The number of carboxylic acid groups (broad SMARTS) is 1. The minimum absolute atomic E-state index is 0. The second kappa shape index (κ2) is 10.8. The Kier molecular flexibility index (Phi) is 8.26. The Labute approximate surface area is 221 Å². The van der Waals surface area contributed by atoms with E-state index >= 15 is 0 Å². The number of oxime groups is 1. The van der Waals surface area contributed by atoms with Crippen molar-refractivity contribution in [2.45, 2.75) is 17.7 Å². The van der Waals surface area contributed by atoms with E-state index in [1.165, 1.54) is 30.0 Å². The first-order valence-electron chi connectivity index (χ1n) is 9.52. The second-order valence-electron chi connectivity index (χ2n) is 6.96. The summed E-state index contributed by atoms with van der Waals surface area (Å²) in [4.78, 5) is 52.3. The van der Waals surface area contributed by atoms with E-state index in [1.54, 1.807) is 0 Å². The zero-order chi connectivity index (χ0) is 24.6. The van der Waals surface area contributed by atoms with Crippen molar-refractivity contribution in [3.63, 3.8) is 0 Å². The fourth-order valence-electron chi connectivity index (χ4n) is 3.36. The fourth-order valence-corrected chi connectivity index (χ4v) is 5.89. The van der Waals surface area contributed by atoms with Crippen LogP contribution in [0.3, 0.4) is 0 Å². The van der Waals surface area contributed by atoms with Gasteiger partial charge in [-0.2, -0.15) is 5.10 Å². The molecule has 0 bridgehead atoms. The average molecular weight is 604 g/mol. The number of rotatable bonds is 8. The molecule has 13 nitrogen and oxygen atoms in total. The highest BCUT2D eigenvalue weighted by Crippen LogP contribution is 2.46. The molecule has 0 radical (unpaired) electrons. The highest BCUT2D eigenvalue weighted by atomic mass is 79.9. The number of nitrogens with one attached hydrogen (secondary N) is 1. The van der Waals surface area contributed by atoms with Gasteiger partial charge in [0.25, 0.3) is 0 Å². The molecule has 17 heteroatoms. The van der Waals surface area contributed by atoms with Crippen LogP contribution in [0, 0.1) is 12.8 Å². The van der Waals surface area contributed by atoms with Gasteiger partial charge < -0.3 is 21.4 Å². The molecule has 2 aromatic rings. The van der Waals surface area contributed by atoms with E-state index in [2.05, 4.69) is 25.7 Å². The summed E-state index contributed by atoms with van der Waals surface area (Å²) in [5.41, 5.74) is 15.1. The maximum atomic E-state index is 13.2. The van der Waals surface area contributed by atoms with E-state index in [-0.39, 0.29) is 44.8 Å². The number of carbonyl (C=O) groups is 3. The van der Waals surface area contributed by atoms with Crippen LogP contribution in [0.5, 0.6) is 0 Å². The number of nitrogens with zero attached hydrogens (tertiary/aromatic N) is 5. The molecule has 0 spiro atoms. The van der Waals surface area contributed by atoms with E-state index in [4.69, 9.17) is 16.3 Å².